The van der Waals surface area contributed by atoms with Crippen LogP contribution < -0.4 is 5.32 Å². The summed E-state index contributed by atoms with van der Waals surface area (Å²) in [6, 6.07) is 13.3. The van der Waals surface area contributed by atoms with E-state index >= 15 is 0 Å². The Kier molecular flexibility index (Phi) is 4.66. The van der Waals surface area contributed by atoms with Crippen LogP contribution in [0.4, 0.5) is 4.39 Å². The molecule has 4 nitrogen and oxygen atoms in total. The van der Waals surface area contributed by atoms with Gasteiger partial charge < -0.3 is 10.4 Å². The number of aliphatic carboxylic acids is 1. The van der Waals surface area contributed by atoms with Gasteiger partial charge in [-0.1, -0.05) is 42.5 Å². The molecule has 0 bridgehead atoms. The van der Waals surface area contributed by atoms with Crippen LogP contribution >= 0.6 is 0 Å². The van der Waals surface area contributed by atoms with Crippen molar-refractivity contribution in [3.05, 3.63) is 71.5 Å². The molecule has 21 heavy (non-hydrogen) atoms. The summed E-state index contributed by atoms with van der Waals surface area (Å²) in [7, 11) is 0. The van der Waals surface area contributed by atoms with Gasteiger partial charge >= 0.3 is 5.97 Å². The molecule has 2 N–H and O–H groups in total. The van der Waals surface area contributed by atoms with Crippen LogP contribution in [0.25, 0.3) is 0 Å². The highest BCUT2D eigenvalue weighted by atomic mass is 19.1. The number of carboxylic acids is 1. The lowest BCUT2D eigenvalue weighted by atomic mass is 10.1. The predicted octanol–water partition coefficient (Wildman–Crippen LogP) is 2.25. The molecule has 2 aromatic rings. The van der Waals surface area contributed by atoms with Crippen molar-refractivity contribution in [1.29, 1.82) is 0 Å². The molecule has 0 aliphatic rings. The van der Waals surface area contributed by atoms with Crippen molar-refractivity contribution in [2.24, 2.45) is 0 Å². The highest BCUT2D eigenvalue weighted by Crippen LogP contribution is 2.08. The number of rotatable bonds is 5. The highest BCUT2D eigenvalue weighted by Gasteiger charge is 2.22. The average Bonchev–Trinajstić information content (AvgIpc) is 2.48. The van der Waals surface area contributed by atoms with Crippen molar-refractivity contribution in [3.8, 4) is 0 Å². The Hall–Kier alpha value is -2.69. The molecule has 0 heterocycles. The third-order valence-electron chi connectivity index (χ3n) is 3.00. The minimum Gasteiger partial charge on any atom is -0.480 e. The second-order valence-corrected chi connectivity index (χ2v) is 4.53. The molecular weight excluding hydrogens is 273 g/mol. The Morgan fingerprint density at radius 3 is 2.29 bits per heavy atom. The molecule has 0 saturated heterocycles. The van der Waals surface area contributed by atoms with Crippen LogP contribution in [-0.2, 0) is 11.2 Å². The molecule has 0 radical (unpaired) electrons. The lowest BCUT2D eigenvalue weighted by Gasteiger charge is -2.15. The quantitative estimate of drug-likeness (QED) is 0.886. The van der Waals surface area contributed by atoms with Gasteiger partial charge in [0.2, 0.25) is 0 Å². The van der Waals surface area contributed by atoms with E-state index in [0.717, 1.165) is 11.6 Å². The number of hydrogen-bond donors (Lipinski definition) is 2. The first-order valence-corrected chi connectivity index (χ1v) is 6.40. The number of hydrogen-bond acceptors (Lipinski definition) is 2. The maximum absolute atomic E-state index is 13.5. The Bertz CT molecular complexity index is 643. The van der Waals surface area contributed by atoms with E-state index in [2.05, 4.69) is 5.32 Å². The largest absolute Gasteiger partial charge is 0.480 e. The third kappa shape index (κ3) is 3.89. The van der Waals surface area contributed by atoms with Gasteiger partial charge in [-0.15, -0.1) is 0 Å². The van der Waals surface area contributed by atoms with E-state index in [1.54, 1.807) is 24.3 Å². The fraction of sp³-hybridized carbons (Fsp3) is 0.125. The second kappa shape index (κ2) is 6.65. The second-order valence-electron chi connectivity index (χ2n) is 4.53. The molecular formula is C16H14FNO3. The summed E-state index contributed by atoms with van der Waals surface area (Å²) < 4.78 is 13.5. The zero-order chi connectivity index (χ0) is 15.2. The normalized spacial score (nSPS) is 11.7. The molecule has 0 fully saturated rings. The summed E-state index contributed by atoms with van der Waals surface area (Å²) >= 11 is 0. The van der Waals surface area contributed by atoms with Crippen LogP contribution in [0.5, 0.6) is 0 Å². The standard InChI is InChI=1S/C16H14FNO3/c17-13-9-5-4-8-12(13)15(19)18-14(16(20)21)10-11-6-2-1-3-7-11/h1-9,14H,10H2,(H,18,19)(H,20,21)/t14-/m0/s1. The average molecular weight is 287 g/mol. The first-order chi connectivity index (χ1) is 10.1. The van der Waals surface area contributed by atoms with E-state index in [-0.39, 0.29) is 12.0 Å². The molecule has 2 rings (SSSR count). The van der Waals surface area contributed by atoms with Gasteiger partial charge in [0.15, 0.2) is 0 Å². The topological polar surface area (TPSA) is 66.4 Å². The summed E-state index contributed by atoms with van der Waals surface area (Å²) in [6.07, 6.45) is 0.135. The molecule has 1 atom stereocenters. The Morgan fingerprint density at radius 2 is 1.67 bits per heavy atom. The molecule has 0 unspecified atom stereocenters. The highest BCUT2D eigenvalue weighted by molar-refractivity contribution is 5.96. The van der Waals surface area contributed by atoms with E-state index in [9.17, 15) is 19.1 Å². The van der Waals surface area contributed by atoms with Crippen molar-refractivity contribution in [1.82, 2.24) is 5.32 Å². The van der Waals surface area contributed by atoms with Gasteiger partial charge in [0.1, 0.15) is 11.9 Å². The molecule has 1 amide bonds. The predicted molar refractivity (Wildman–Crippen MR) is 75.4 cm³/mol. The Labute approximate surface area is 121 Å². The lowest BCUT2D eigenvalue weighted by molar-refractivity contribution is -0.139. The van der Waals surface area contributed by atoms with Crippen LogP contribution in [0.15, 0.2) is 54.6 Å². The van der Waals surface area contributed by atoms with Gasteiger partial charge in [-0.3, -0.25) is 4.79 Å². The molecule has 5 heteroatoms. The fourth-order valence-corrected chi connectivity index (χ4v) is 1.93. The maximum atomic E-state index is 13.5. The molecule has 108 valence electrons. The maximum Gasteiger partial charge on any atom is 0.326 e. The third-order valence-corrected chi connectivity index (χ3v) is 3.00. The summed E-state index contributed by atoms with van der Waals surface area (Å²) in [4.78, 5) is 23.2. The van der Waals surface area contributed by atoms with Gasteiger partial charge in [-0.25, -0.2) is 9.18 Å². The lowest BCUT2D eigenvalue weighted by Crippen LogP contribution is -2.42. The molecule has 0 aromatic heterocycles. The first kappa shape index (κ1) is 14.7. The monoisotopic (exact) mass is 287 g/mol. The summed E-state index contributed by atoms with van der Waals surface area (Å²) in [6.45, 7) is 0. The van der Waals surface area contributed by atoms with Crippen molar-refractivity contribution < 1.29 is 19.1 Å². The van der Waals surface area contributed by atoms with Gasteiger partial charge in [0.25, 0.3) is 5.91 Å². The molecule has 0 spiro atoms. The van der Waals surface area contributed by atoms with Crippen molar-refractivity contribution in [3.63, 3.8) is 0 Å². The molecule has 0 aliphatic heterocycles. The fourth-order valence-electron chi connectivity index (χ4n) is 1.93. The van der Waals surface area contributed by atoms with Gasteiger partial charge in [0.05, 0.1) is 5.56 Å². The van der Waals surface area contributed by atoms with Crippen LogP contribution in [-0.4, -0.2) is 23.0 Å². The van der Waals surface area contributed by atoms with E-state index in [4.69, 9.17) is 0 Å². The summed E-state index contributed by atoms with van der Waals surface area (Å²) in [5.41, 5.74) is 0.607. The minimum absolute atomic E-state index is 0.135. The van der Waals surface area contributed by atoms with E-state index < -0.39 is 23.7 Å². The van der Waals surface area contributed by atoms with E-state index in [1.807, 2.05) is 6.07 Å². The Balaban J connectivity index is 2.12. The Morgan fingerprint density at radius 1 is 1.05 bits per heavy atom. The van der Waals surface area contributed by atoms with Crippen LogP contribution in [0, 0.1) is 5.82 Å². The van der Waals surface area contributed by atoms with Crippen LogP contribution in [0.3, 0.4) is 0 Å². The SMILES string of the molecule is O=C(N[C@@H](Cc1ccccc1)C(=O)O)c1ccccc1F. The van der Waals surface area contributed by atoms with Crippen molar-refractivity contribution >= 4 is 11.9 Å². The van der Waals surface area contributed by atoms with E-state index in [1.165, 1.54) is 18.2 Å². The van der Waals surface area contributed by atoms with Gasteiger partial charge in [-0.2, -0.15) is 0 Å². The number of halogens is 1. The smallest absolute Gasteiger partial charge is 0.326 e. The number of nitrogens with one attached hydrogen (secondary N) is 1. The molecule has 0 aliphatic carbocycles. The van der Waals surface area contributed by atoms with Crippen LogP contribution in [0.1, 0.15) is 15.9 Å². The number of amides is 1. The first-order valence-electron chi connectivity index (χ1n) is 6.40. The van der Waals surface area contributed by atoms with E-state index in [0.29, 0.717) is 0 Å². The zero-order valence-corrected chi connectivity index (χ0v) is 11.1. The minimum atomic E-state index is -1.16. The number of benzene rings is 2. The van der Waals surface area contributed by atoms with Gasteiger partial charge in [-0.05, 0) is 17.7 Å². The van der Waals surface area contributed by atoms with Crippen LogP contribution in [0.2, 0.25) is 0 Å². The van der Waals surface area contributed by atoms with Gasteiger partial charge in [0, 0.05) is 6.42 Å². The van der Waals surface area contributed by atoms with Crippen molar-refractivity contribution in [2.45, 2.75) is 12.5 Å². The molecule has 0 saturated carbocycles. The zero-order valence-electron chi connectivity index (χ0n) is 11.1. The number of carboxylic acid groups (broad SMARTS) is 1. The van der Waals surface area contributed by atoms with Crippen molar-refractivity contribution in [2.75, 3.05) is 0 Å². The summed E-state index contributed by atoms with van der Waals surface area (Å²) in [5.74, 6) is -2.58. The number of carbonyl (C=O) groups excluding carboxylic acids is 1. The molecule has 2 aromatic carbocycles. The number of carbonyl (C=O) groups is 2. The summed E-state index contributed by atoms with van der Waals surface area (Å²) in [5, 5.41) is 11.5.